The topological polar surface area (TPSA) is 79.8 Å². The Morgan fingerprint density at radius 2 is 1.66 bits per heavy atom. The molecule has 0 spiro atoms. The first-order chi connectivity index (χ1) is 15.1. The molecule has 4 rings (SSSR count). The van der Waals surface area contributed by atoms with E-state index >= 15 is 0 Å². The van der Waals surface area contributed by atoms with Gasteiger partial charge in [0, 0.05) is 13.0 Å². The van der Waals surface area contributed by atoms with Gasteiger partial charge in [-0.25, -0.2) is 9.78 Å². The Kier molecular flexibility index (Phi) is 5.83. The zero-order valence-electron chi connectivity index (χ0n) is 18.0. The number of hydrogen-bond donors (Lipinski definition) is 1. The fourth-order valence-electron chi connectivity index (χ4n) is 3.72. The van der Waals surface area contributed by atoms with Crippen LogP contribution in [0.1, 0.15) is 53.9 Å². The maximum Gasteiger partial charge on any atom is 0.336 e. The minimum Gasteiger partial charge on any atom is -0.478 e. The second-order valence-electron chi connectivity index (χ2n) is 8.91. The Hall–Kier alpha value is -3.10. The number of benzene rings is 2. The van der Waals surface area contributed by atoms with Gasteiger partial charge in [0.25, 0.3) is 0 Å². The molecule has 0 aliphatic carbocycles. The van der Waals surface area contributed by atoms with Crippen molar-refractivity contribution in [3.63, 3.8) is 0 Å². The van der Waals surface area contributed by atoms with Gasteiger partial charge in [0.2, 0.25) is 0 Å². The molecule has 1 aliphatic heterocycles. The summed E-state index contributed by atoms with van der Waals surface area (Å²) in [4.78, 5) is 17.1. The van der Waals surface area contributed by atoms with Crippen molar-refractivity contribution in [3.8, 4) is 11.1 Å². The predicted octanol–water partition coefficient (Wildman–Crippen LogP) is 5.70. The Bertz CT molecular complexity index is 1270. The third kappa shape index (κ3) is 4.42. The molecule has 0 radical (unpaired) electrons. The van der Waals surface area contributed by atoms with E-state index in [4.69, 9.17) is 29.4 Å². The highest BCUT2D eigenvalue weighted by molar-refractivity contribution is 7.81. The first-order valence-electron chi connectivity index (χ1n) is 10.2. The summed E-state index contributed by atoms with van der Waals surface area (Å²) in [6.07, 6.45) is 0.745. The largest absolute Gasteiger partial charge is 0.478 e. The van der Waals surface area contributed by atoms with Gasteiger partial charge in [-0.15, -0.1) is 10.2 Å². The predicted molar refractivity (Wildman–Crippen MR) is 132 cm³/mol. The van der Waals surface area contributed by atoms with Gasteiger partial charge in [0.1, 0.15) is 17.2 Å². The molecule has 1 N–H and O–H groups in total. The quantitative estimate of drug-likeness (QED) is 0.492. The zero-order valence-corrected chi connectivity index (χ0v) is 19.6. The molecule has 0 amide bonds. The van der Waals surface area contributed by atoms with Crippen molar-refractivity contribution >= 4 is 40.4 Å². The van der Waals surface area contributed by atoms with Gasteiger partial charge in [-0.3, -0.25) is 0 Å². The van der Waals surface area contributed by atoms with Crippen LogP contribution in [0.2, 0.25) is 0 Å². The van der Waals surface area contributed by atoms with Gasteiger partial charge < -0.3 is 9.67 Å². The highest BCUT2D eigenvalue weighted by atomic mass is 32.1. The van der Waals surface area contributed by atoms with Crippen LogP contribution in [0.15, 0.2) is 58.8 Å². The first kappa shape index (κ1) is 22.1. The summed E-state index contributed by atoms with van der Waals surface area (Å²) in [6, 6.07) is 14.9. The van der Waals surface area contributed by atoms with Crippen LogP contribution in [-0.2, 0) is 13.0 Å². The van der Waals surface area contributed by atoms with Crippen molar-refractivity contribution in [2.45, 2.75) is 33.7 Å². The van der Waals surface area contributed by atoms with Crippen molar-refractivity contribution in [1.29, 1.82) is 0 Å². The summed E-state index contributed by atoms with van der Waals surface area (Å²) >= 11 is 10.8. The van der Waals surface area contributed by atoms with E-state index in [0.29, 0.717) is 27.8 Å². The Labute approximate surface area is 197 Å². The van der Waals surface area contributed by atoms with E-state index in [1.807, 2.05) is 36.4 Å². The van der Waals surface area contributed by atoms with Crippen LogP contribution in [0.3, 0.4) is 0 Å². The number of carbonyl (C=O) groups is 1. The molecule has 0 unspecified atom stereocenters. The smallest absolute Gasteiger partial charge is 0.336 e. The lowest BCUT2D eigenvalue weighted by Crippen LogP contribution is -2.18. The SMILES string of the molecule is CC(C)(C)Cc1nc2c(n1Cc1ccc(-c3ccccc3C(=O)O)cc1)C(=S)N=NC2=S. The fraction of sp³-hybridized carbons (Fsp3) is 0.250. The summed E-state index contributed by atoms with van der Waals surface area (Å²) in [5.41, 5.74) is 4.22. The highest BCUT2D eigenvalue weighted by Crippen LogP contribution is 2.28. The molecular formula is C24H22N4O2S2. The maximum atomic E-state index is 11.6. The fourth-order valence-corrected chi connectivity index (χ4v) is 4.15. The number of azo groups is 1. The minimum atomic E-state index is -0.944. The number of aromatic nitrogens is 2. The average molecular weight is 463 g/mol. The Morgan fingerprint density at radius 1 is 1.00 bits per heavy atom. The lowest BCUT2D eigenvalue weighted by molar-refractivity contribution is 0.0697. The van der Waals surface area contributed by atoms with Crippen molar-refractivity contribution in [2.24, 2.45) is 15.6 Å². The standard InChI is InChI=1S/C24H22N4O2S2/c1-24(2,3)12-18-25-19-20(22(32)27-26-21(19)31)28(18)13-14-8-10-15(11-9-14)16-6-4-5-7-17(16)23(29)30/h4-11H,12-13H2,1-3H3,(H,29,30). The molecule has 0 atom stereocenters. The van der Waals surface area contributed by atoms with Crippen LogP contribution in [0.25, 0.3) is 11.1 Å². The van der Waals surface area contributed by atoms with Gasteiger partial charge in [-0.1, -0.05) is 87.7 Å². The van der Waals surface area contributed by atoms with Crippen LogP contribution < -0.4 is 0 Å². The molecule has 2 heterocycles. The number of fused-ring (bicyclic) bond motifs is 1. The summed E-state index contributed by atoms with van der Waals surface area (Å²) in [7, 11) is 0. The van der Waals surface area contributed by atoms with Crippen molar-refractivity contribution in [2.75, 3.05) is 0 Å². The molecule has 0 saturated carbocycles. The van der Waals surface area contributed by atoms with Crippen LogP contribution in [0.4, 0.5) is 0 Å². The third-order valence-corrected chi connectivity index (χ3v) is 5.68. The molecule has 2 aromatic carbocycles. The summed E-state index contributed by atoms with van der Waals surface area (Å²) in [5, 5.41) is 17.5. The van der Waals surface area contributed by atoms with E-state index in [1.165, 1.54) is 0 Å². The number of aromatic carboxylic acids is 1. The molecule has 6 nitrogen and oxygen atoms in total. The number of imidazole rings is 1. The molecular weight excluding hydrogens is 440 g/mol. The van der Waals surface area contributed by atoms with Crippen LogP contribution >= 0.6 is 24.4 Å². The Morgan fingerprint density at radius 3 is 2.31 bits per heavy atom. The second kappa shape index (κ2) is 8.44. The van der Waals surface area contributed by atoms with E-state index in [0.717, 1.165) is 29.1 Å². The highest BCUT2D eigenvalue weighted by Gasteiger charge is 2.28. The van der Waals surface area contributed by atoms with Crippen LogP contribution in [0, 0.1) is 5.41 Å². The zero-order chi connectivity index (χ0) is 23.0. The van der Waals surface area contributed by atoms with Gasteiger partial charge in [0.15, 0.2) is 9.98 Å². The molecule has 3 aromatic rings. The van der Waals surface area contributed by atoms with Gasteiger partial charge in [-0.05, 0) is 28.2 Å². The number of rotatable bonds is 5. The van der Waals surface area contributed by atoms with E-state index < -0.39 is 5.97 Å². The molecule has 1 aromatic heterocycles. The van der Waals surface area contributed by atoms with E-state index in [9.17, 15) is 9.90 Å². The maximum absolute atomic E-state index is 11.6. The van der Waals surface area contributed by atoms with Gasteiger partial charge in [0.05, 0.1) is 5.56 Å². The van der Waals surface area contributed by atoms with Crippen LogP contribution in [0.5, 0.6) is 0 Å². The number of nitrogens with zero attached hydrogens (tertiary/aromatic N) is 4. The van der Waals surface area contributed by atoms with E-state index in [1.54, 1.807) is 12.1 Å². The summed E-state index contributed by atoms with van der Waals surface area (Å²) in [6.45, 7) is 7.02. The molecule has 0 saturated heterocycles. The van der Waals surface area contributed by atoms with Crippen molar-refractivity contribution in [3.05, 3.63) is 76.9 Å². The van der Waals surface area contributed by atoms with Gasteiger partial charge >= 0.3 is 5.97 Å². The summed E-state index contributed by atoms with van der Waals surface area (Å²) < 4.78 is 2.08. The summed E-state index contributed by atoms with van der Waals surface area (Å²) in [5.74, 6) is -0.0556. The first-order valence-corrected chi connectivity index (χ1v) is 11.0. The van der Waals surface area contributed by atoms with E-state index in [-0.39, 0.29) is 11.0 Å². The lowest BCUT2D eigenvalue weighted by atomic mass is 9.92. The number of thiocarbonyl (C=S) groups is 2. The molecule has 8 heteroatoms. The van der Waals surface area contributed by atoms with Crippen molar-refractivity contribution in [1.82, 2.24) is 9.55 Å². The lowest BCUT2D eigenvalue weighted by Gasteiger charge is -2.19. The number of carboxylic acid groups (broad SMARTS) is 1. The molecule has 0 fully saturated rings. The molecule has 32 heavy (non-hydrogen) atoms. The van der Waals surface area contributed by atoms with Gasteiger partial charge in [-0.2, -0.15) is 0 Å². The van der Waals surface area contributed by atoms with Crippen molar-refractivity contribution < 1.29 is 9.90 Å². The number of carboxylic acids is 1. The molecule has 162 valence electrons. The second-order valence-corrected chi connectivity index (χ2v) is 9.68. The molecule has 0 bridgehead atoms. The minimum absolute atomic E-state index is 0.0214. The third-order valence-electron chi connectivity index (χ3n) is 5.13. The van der Waals surface area contributed by atoms with E-state index in [2.05, 4.69) is 35.6 Å². The molecule has 1 aliphatic rings. The number of hydrogen-bond acceptors (Lipinski definition) is 4. The Balaban J connectivity index is 1.71. The average Bonchev–Trinajstić information content (AvgIpc) is 3.09. The van der Waals surface area contributed by atoms with Crippen LogP contribution in [-0.4, -0.2) is 30.6 Å². The normalized spacial score (nSPS) is 13.3. The monoisotopic (exact) mass is 462 g/mol.